The molecule has 0 aliphatic carbocycles. The van der Waals surface area contributed by atoms with Gasteiger partial charge in [-0.1, -0.05) is 60.7 Å². The number of rotatable bonds is 5. The average molecular weight is 368 g/mol. The van der Waals surface area contributed by atoms with Gasteiger partial charge < -0.3 is 14.8 Å². The van der Waals surface area contributed by atoms with Crippen molar-refractivity contribution in [2.24, 2.45) is 0 Å². The van der Waals surface area contributed by atoms with Gasteiger partial charge in [-0.05, 0) is 18.1 Å². The van der Waals surface area contributed by atoms with E-state index in [1.807, 2.05) is 60.7 Å². The normalized spacial score (nSPS) is 19.4. The molecule has 3 rings (SSSR count). The highest BCUT2D eigenvalue weighted by molar-refractivity contribution is 5.86. The molecule has 6 heteroatoms. The summed E-state index contributed by atoms with van der Waals surface area (Å²) in [6, 6.07) is 18.9. The van der Waals surface area contributed by atoms with Crippen molar-refractivity contribution in [3.63, 3.8) is 0 Å². The fourth-order valence-corrected chi connectivity index (χ4v) is 3.02. The molecule has 1 atom stereocenters. The number of amides is 1. The molecule has 0 radical (unpaired) electrons. The van der Waals surface area contributed by atoms with E-state index in [2.05, 4.69) is 5.32 Å². The minimum absolute atomic E-state index is 0.165. The topological polar surface area (TPSA) is 67.9 Å². The lowest BCUT2D eigenvalue weighted by molar-refractivity contribution is -0.158. The molecule has 27 heavy (non-hydrogen) atoms. The van der Waals surface area contributed by atoms with E-state index < -0.39 is 17.6 Å². The van der Waals surface area contributed by atoms with E-state index in [-0.39, 0.29) is 13.2 Å². The third-order valence-corrected chi connectivity index (χ3v) is 4.66. The van der Waals surface area contributed by atoms with E-state index in [0.29, 0.717) is 19.6 Å². The van der Waals surface area contributed by atoms with Crippen LogP contribution < -0.4 is 5.32 Å². The molecule has 0 aromatic heterocycles. The number of piperazine rings is 1. The van der Waals surface area contributed by atoms with Crippen molar-refractivity contribution in [2.75, 3.05) is 19.6 Å². The van der Waals surface area contributed by atoms with Crippen molar-refractivity contribution in [3.8, 4) is 0 Å². The van der Waals surface area contributed by atoms with Crippen LogP contribution in [0.2, 0.25) is 0 Å². The zero-order valence-electron chi connectivity index (χ0n) is 15.4. The maximum Gasteiger partial charge on any atom is 0.411 e. The molecule has 2 aromatic carbocycles. The zero-order valence-corrected chi connectivity index (χ0v) is 15.4. The second-order valence-electron chi connectivity index (χ2n) is 6.70. The number of nitrogens with zero attached hydrogens (tertiary/aromatic N) is 1. The molecule has 142 valence electrons. The predicted octanol–water partition coefficient (Wildman–Crippen LogP) is 2.73. The summed E-state index contributed by atoms with van der Waals surface area (Å²) >= 11 is 0. The number of ether oxygens (including phenoxy) is 2. The molecule has 0 spiro atoms. The van der Waals surface area contributed by atoms with E-state index in [4.69, 9.17) is 9.47 Å². The first-order chi connectivity index (χ1) is 13.1. The molecule has 0 bridgehead atoms. The van der Waals surface area contributed by atoms with E-state index in [1.54, 1.807) is 6.92 Å². The Morgan fingerprint density at radius 2 is 1.52 bits per heavy atom. The summed E-state index contributed by atoms with van der Waals surface area (Å²) in [7, 11) is 0. The molecule has 1 aliphatic heterocycles. The van der Waals surface area contributed by atoms with Crippen LogP contribution in [0.1, 0.15) is 18.1 Å². The molecule has 1 N–H and O–H groups in total. The Hall–Kier alpha value is -2.86. The second kappa shape index (κ2) is 8.68. The van der Waals surface area contributed by atoms with Gasteiger partial charge in [0.15, 0.2) is 5.54 Å². The first-order valence-electron chi connectivity index (χ1n) is 9.00. The Morgan fingerprint density at radius 1 is 0.963 bits per heavy atom. The van der Waals surface area contributed by atoms with Gasteiger partial charge in [0, 0.05) is 19.6 Å². The highest BCUT2D eigenvalue weighted by Gasteiger charge is 2.46. The minimum atomic E-state index is -1.11. The van der Waals surface area contributed by atoms with Gasteiger partial charge in [0.2, 0.25) is 0 Å². The van der Waals surface area contributed by atoms with Crippen molar-refractivity contribution in [3.05, 3.63) is 71.8 Å². The molecular weight excluding hydrogens is 344 g/mol. The molecule has 1 aliphatic rings. The van der Waals surface area contributed by atoms with Gasteiger partial charge >= 0.3 is 12.1 Å². The summed E-state index contributed by atoms with van der Waals surface area (Å²) in [5, 5.41) is 3.16. The molecule has 6 nitrogen and oxygen atoms in total. The van der Waals surface area contributed by atoms with Crippen LogP contribution in [0.3, 0.4) is 0 Å². The third kappa shape index (κ3) is 4.65. The largest absolute Gasteiger partial charge is 0.459 e. The Labute approximate surface area is 159 Å². The molecule has 0 saturated carbocycles. The van der Waals surface area contributed by atoms with Gasteiger partial charge in [0.05, 0.1) is 0 Å². The highest BCUT2D eigenvalue weighted by Crippen LogP contribution is 2.21. The van der Waals surface area contributed by atoms with E-state index in [1.165, 1.54) is 4.90 Å². The predicted molar refractivity (Wildman–Crippen MR) is 101 cm³/mol. The maximum absolute atomic E-state index is 12.8. The van der Waals surface area contributed by atoms with Gasteiger partial charge in [-0.15, -0.1) is 0 Å². The van der Waals surface area contributed by atoms with Gasteiger partial charge in [0.1, 0.15) is 13.2 Å². The summed E-state index contributed by atoms with van der Waals surface area (Å²) < 4.78 is 10.9. The number of benzene rings is 2. The number of carbonyl (C=O) groups excluding carboxylic acids is 2. The van der Waals surface area contributed by atoms with Gasteiger partial charge in [-0.25, -0.2) is 9.59 Å². The van der Waals surface area contributed by atoms with Crippen LogP contribution in [-0.4, -0.2) is 42.1 Å². The van der Waals surface area contributed by atoms with E-state index >= 15 is 0 Å². The highest BCUT2D eigenvalue weighted by atomic mass is 16.6. The summed E-state index contributed by atoms with van der Waals surface area (Å²) in [4.78, 5) is 26.9. The standard InChI is InChI=1S/C21H24N2O4/c1-21(19(24)26-14-17-8-4-2-5-9-17)16-22-12-13-23(21)20(25)27-15-18-10-6-3-7-11-18/h2-11,22H,12-16H2,1H3. The summed E-state index contributed by atoms with van der Waals surface area (Å²) in [6.45, 7) is 3.34. The van der Waals surface area contributed by atoms with Crippen LogP contribution >= 0.6 is 0 Å². The van der Waals surface area contributed by atoms with Gasteiger partial charge in [0.25, 0.3) is 0 Å². The first-order valence-corrected chi connectivity index (χ1v) is 9.00. The fraction of sp³-hybridized carbons (Fsp3) is 0.333. The van der Waals surface area contributed by atoms with E-state index in [0.717, 1.165) is 11.1 Å². The SMILES string of the molecule is CC1(C(=O)OCc2ccccc2)CNCCN1C(=O)OCc1ccccc1. The zero-order chi connectivity index (χ0) is 19.1. The van der Waals surface area contributed by atoms with Crippen LogP contribution in [0.5, 0.6) is 0 Å². The molecule has 1 fully saturated rings. The summed E-state index contributed by atoms with van der Waals surface area (Å²) in [5.74, 6) is -0.449. The Morgan fingerprint density at radius 3 is 2.11 bits per heavy atom. The smallest absolute Gasteiger partial charge is 0.411 e. The van der Waals surface area contributed by atoms with Gasteiger partial charge in [-0.3, -0.25) is 4.90 Å². The lowest BCUT2D eigenvalue weighted by Crippen LogP contribution is -2.65. The lowest BCUT2D eigenvalue weighted by atomic mass is 9.98. The molecule has 1 heterocycles. The second-order valence-corrected chi connectivity index (χ2v) is 6.70. The molecule has 1 saturated heterocycles. The van der Waals surface area contributed by atoms with Crippen LogP contribution in [0.4, 0.5) is 4.79 Å². The minimum Gasteiger partial charge on any atom is -0.459 e. The first kappa shape index (κ1) is 18.9. The van der Waals surface area contributed by atoms with Gasteiger partial charge in [-0.2, -0.15) is 0 Å². The van der Waals surface area contributed by atoms with Crippen molar-refractivity contribution in [1.82, 2.24) is 10.2 Å². The number of hydrogen-bond acceptors (Lipinski definition) is 5. The number of esters is 1. The van der Waals surface area contributed by atoms with Crippen LogP contribution in [-0.2, 0) is 27.5 Å². The van der Waals surface area contributed by atoms with Crippen molar-refractivity contribution >= 4 is 12.1 Å². The van der Waals surface area contributed by atoms with Crippen LogP contribution in [0.15, 0.2) is 60.7 Å². The number of nitrogens with one attached hydrogen (secondary N) is 1. The third-order valence-electron chi connectivity index (χ3n) is 4.66. The van der Waals surface area contributed by atoms with Crippen LogP contribution in [0, 0.1) is 0 Å². The number of carbonyl (C=O) groups is 2. The Bertz CT molecular complexity index is 766. The Kier molecular flexibility index (Phi) is 6.08. The molecule has 2 aromatic rings. The van der Waals surface area contributed by atoms with Crippen molar-refractivity contribution in [2.45, 2.75) is 25.7 Å². The lowest BCUT2D eigenvalue weighted by Gasteiger charge is -2.42. The maximum atomic E-state index is 12.8. The molecule has 1 unspecified atom stereocenters. The van der Waals surface area contributed by atoms with E-state index in [9.17, 15) is 9.59 Å². The number of hydrogen-bond donors (Lipinski definition) is 1. The quantitative estimate of drug-likeness (QED) is 0.822. The molecule has 1 amide bonds. The fourth-order valence-electron chi connectivity index (χ4n) is 3.02. The summed E-state index contributed by atoms with van der Waals surface area (Å²) in [5.41, 5.74) is 0.687. The summed E-state index contributed by atoms with van der Waals surface area (Å²) in [6.07, 6.45) is -0.514. The van der Waals surface area contributed by atoms with Crippen LogP contribution in [0.25, 0.3) is 0 Å². The molecular formula is C21H24N2O4. The Balaban J connectivity index is 1.63. The average Bonchev–Trinajstić information content (AvgIpc) is 2.72. The van der Waals surface area contributed by atoms with Crippen molar-refractivity contribution < 1.29 is 19.1 Å². The van der Waals surface area contributed by atoms with Crippen molar-refractivity contribution in [1.29, 1.82) is 0 Å². The monoisotopic (exact) mass is 368 g/mol.